The summed E-state index contributed by atoms with van der Waals surface area (Å²) < 4.78 is 2.14. The number of rotatable bonds is 3. The molecule has 3 N–H and O–H groups in total. The van der Waals surface area contributed by atoms with Crippen LogP contribution >= 0.6 is 0 Å². The van der Waals surface area contributed by atoms with E-state index in [0.29, 0.717) is 6.54 Å². The number of fused-ring (bicyclic) bond motifs is 1. The number of aromatic nitrogens is 3. The molecule has 0 aliphatic heterocycles. The SMILES string of the molecule is CC(CN)c1ncc(-c2cn(C)c3ccccc23)[nH]1. The highest BCUT2D eigenvalue weighted by Crippen LogP contribution is 2.29. The number of imidazole rings is 1. The van der Waals surface area contributed by atoms with Crippen LogP contribution in [0.5, 0.6) is 0 Å². The Morgan fingerprint density at radius 2 is 2.16 bits per heavy atom. The van der Waals surface area contributed by atoms with Crippen LogP contribution in [0.1, 0.15) is 18.7 Å². The summed E-state index contributed by atoms with van der Waals surface area (Å²) in [6.07, 6.45) is 4.03. The van der Waals surface area contributed by atoms with Crippen LogP contribution in [0.3, 0.4) is 0 Å². The summed E-state index contributed by atoms with van der Waals surface area (Å²) in [6, 6.07) is 8.38. The zero-order valence-electron chi connectivity index (χ0n) is 11.2. The Labute approximate surface area is 112 Å². The molecule has 3 aromatic rings. The summed E-state index contributed by atoms with van der Waals surface area (Å²) in [5.74, 6) is 1.20. The Kier molecular flexibility index (Phi) is 2.87. The lowest BCUT2D eigenvalue weighted by molar-refractivity contribution is 0.725. The molecule has 4 nitrogen and oxygen atoms in total. The number of nitrogens with two attached hydrogens (primary N) is 1. The number of nitrogens with zero attached hydrogens (tertiary/aromatic N) is 2. The van der Waals surface area contributed by atoms with Gasteiger partial charge in [-0.15, -0.1) is 0 Å². The van der Waals surface area contributed by atoms with Gasteiger partial charge in [-0.3, -0.25) is 0 Å². The molecular formula is C15H18N4. The van der Waals surface area contributed by atoms with E-state index in [1.807, 2.05) is 6.20 Å². The number of hydrogen-bond donors (Lipinski definition) is 2. The topological polar surface area (TPSA) is 59.6 Å². The zero-order valence-corrected chi connectivity index (χ0v) is 11.2. The molecule has 3 rings (SSSR count). The van der Waals surface area contributed by atoms with Crippen LogP contribution < -0.4 is 5.73 Å². The van der Waals surface area contributed by atoms with Gasteiger partial charge in [-0.2, -0.15) is 0 Å². The molecule has 0 saturated heterocycles. The number of hydrogen-bond acceptors (Lipinski definition) is 2. The average Bonchev–Trinajstić information content (AvgIpc) is 3.04. The van der Waals surface area contributed by atoms with Crippen molar-refractivity contribution in [1.29, 1.82) is 0 Å². The Bertz CT molecular complexity index is 708. The van der Waals surface area contributed by atoms with Gasteiger partial charge in [-0.25, -0.2) is 4.98 Å². The van der Waals surface area contributed by atoms with Gasteiger partial charge in [0.2, 0.25) is 0 Å². The standard InChI is InChI=1S/C15H18N4/c1-10(7-16)15-17-8-13(18-15)12-9-19(2)14-6-4-3-5-11(12)14/h3-6,8-10H,7,16H2,1-2H3,(H,17,18). The van der Waals surface area contributed by atoms with Crippen LogP contribution in [0.4, 0.5) is 0 Å². The lowest BCUT2D eigenvalue weighted by atomic mass is 10.1. The van der Waals surface area contributed by atoms with E-state index in [9.17, 15) is 0 Å². The van der Waals surface area contributed by atoms with Gasteiger partial charge in [-0.05, 0) is 6.07 Å². The molecule has 1 aromatic carbocycles. The van der Waals surface area contributed by atoms with Crippen LogP contribution in [0.2, 0.25) is 0 Å². The highest BCUT2D eigenvalue weighted by molar-refractivity contribution is 5.95. The first-order valence-electron chi connectivity index (χ1n) is 6.50. The maximum atomic E-state index is 5.68. The van der Waals surface area contributed by atoms with E-state index in [1.54, 1.807) is 0 Å². The summed E-state index contributed by atoms with van der Waals surface area (Å²) in [6.45, 7) is 2.67. The lowest BCUT2D eigenvalue weighted by Gasteiger charge is -2.02. The monoisotopic (exact) mass is 254 g/mol. The molecule has 0 radical (unpaired) electrons. The molecule has 0 bridgehead atoms. The highest BCUT2D eigenvalue weighted by Gasteiger charge is 2.12. The Balaban J connectivity index is 2.12. The number of para-hydroxylation sites is 1. The second-order valence-electron chi connectivity index (χ2n) is 4.99. The first-order valence-corrected chi connectivity index (χ1v) is 6.50. The fourth-order valence-electron chi connectivity index (χ4n) is 2.39. The van der Waals surface area contributed by atoms with Crippen LogP contribution in [0.25, 0.3) is 22.2 Å². The third-order valence-electron chi connectivity index (χ3n) is 3.60. The molecular weight excluding hydrogens is 236 g/mol. The van der Waals surface area contributed by atoms with E-state index >= 15 is 0 Å². The fourth-order valence-corrected chi connectivity index (χ4v) is 2.39. The zero-order chi connectivity index (χ0) is 13.4. The minimum absolute atomic E-state index is 0.253. The van der Waals surface area contributed by atoms with Crippen LogP contribution in [0, 0.1) is 0 Å². The summed E-state index contributed by atoms with van der Waals surface area (Å²) in [5.41, 5.74) is 9.14. The number of H-pyrrole nitrogens is 1. The normalized spacial score (nSPS) is 13.0. The molecule has 1 atom stereocenters. The number of aromatic amines is 1. The number of benzene rings is 1. The second-order valence-corrected chi connectivity index (χ2v) is 4.99. The molecule has 0 aliphatic rings. The smallest absolute Gasteiger partial charge is 0.110 e. The molecule has 2 aromatic heterocycles. The van der Waals surface area contributed by atoms with Crippen molar-refractivity contribution in [1.82, 2.24) is 14.5 Å². The molecule has 2 heterocycles. The van der Waals surface area contributed by atoms with Crippen LogP contribution in [-0.2, 0) is 7.05 Å². The van der Waals surface area contributed by atoms with Gasteiger partial charge < -0.3 is 15.3 Å². The molecule has 0 fully saturated rings. The van der Waals surface area contributed by atoms with Crippen molar-refractivity contribution < 1.29 is 0 Å². The summed E-state index contributed by atoms with van der Waals surface area (Å²) in [4.78, 5) is 7.82. The van der Waals surface area contributed by atoms with E-state index in [0.717, 1.165) is 11.5 Å². The lowest BCUT2D eigenvalue weighted by Crippen LogP contribution is -2.10. The molecule has 4 heteroatoms. The molecule has 98 valence electrons. The van der Waals surface area contributed by atoms with Gasteiger partial charge in [0.25, 0.3) is 0 Å². The maximum absolute atomic E-state index is 5.68. The van der Waals surface area contributed by atoms with Crippen molar-refractivity contribution in [2.45, 2.75) is 12.8 Å². The van der Waals surface area contributed by atoms with E-state index in [4.69, 9.17) is 5.73 Å². The van der Waals surface area contributed by atoms with Crippen LogP contribution in [0.15, 0.2) is 36.7 Å². The van der Waals surface area contributed by atoms with E-state index in [1.165, 1.54) is 16.5 Å². The van der Waals surface area contributed by atoms with E-state index in [2.05, 4.69) is 59.0 Å². The van der Waals surface area contributed by atoms with Crippen molar-refractivity contribution in [2.24, 2.45) is 12.8 Å². The second kappa shape index (κ2) is 4.55. The van der Waals surface area contributed by atoms with Gasteiger partial charge >= 0.3 is 0 Å². The van der Waals surface area contributed by atoms with Gasteiger partial charge in [0.1, 0.15) is 5.82 Å². The highest BCUT2D eigenvalue weighted by atomic mass is 15.0. The third-order valence-corrected chi connectivity index (χ3v) is 3.60. The molecule has 0 amide bonds. The molecule has 0 saturated carbocycles. The molecule has 0 aliphatic carbocycles. The molecule has 1 unspecified atom stereocenters. The number of nitrogens with one attached hydrogen (secondary N) is 1. The Hall–Kier alpha value is -2.07. The minimum atomic E-state index is 0.253. The van der Waals surface area contributed by atoms with Crippen molar-refractivity contribution in [3.05, 3.63) is 42.5 Å². The summed E-state index contributed by atoms with van der Waals surface area (Å²) in [5, 5.41) is 1.24. The molecule has 19 heavy (non-hydrogen) atoms. The first-order chi connectivity index (χ1) is 9.20. The van der Waals surface area contributed by atoms with E-state index in [-0.39, 0.29) is 5.92 Å². The van der Waals surface area contributed by atoms with Gasteiger partial charge in [0, 0.05) is 42.2 Å². The van der Waals surface area contributed by atoms with Gasteiger partial charge in [0.15, 0.2) is 0 Å². The van der Waals surface area contributed by atoms with Gasteiger partial charge in [-0.1, -0.05) is 25.1 Å². The predicted octanol–water partition coefficient (Wildman–Crippen LogP) is 2.63. The van der Waals surface area contributed by atoms with Gasteiger partial charge in [0.05, 0.1) is 11.9 Å². The largest absolute Gasteiger partial charge is 0.350 e. The summed E-state index contributed by atoms with van der Waals surface area (Å²) in [7, 11) is 2.06. The summed E-state index contributed by atoms with van der Waals surface area (Å²) >= 11 is 0. The van der Waals surface area contributed by atoms with Crippen molar-refractivity contribution in [3.63, 3.8) is 0 Å². The predicted molar refractivity (Wildman–Crippen MR) is 78.0 cm³/mol. The van der Waals surface area contributed by atoms with Crippen molar-refractivity contribution >= 4 is 10.9 Å². The maximum Gasteiger partial charge on any atom is 0.110 e. The van der Waals surface area contributed by atoms with Crippen LogP contribution in [-0.4, -0.2) is 21.1 Å². The van der Waals surface area contributed by atoms with Crippen molar-refractivity contribution in [2.75, 3.05) is 6.54 Å². The Morgan fingerprint density at radius 3 is 2.95 bits per heavy atom. The number of aryl methyl sites for hydroxylation is 1. The Morgan fingerprint density at radius 1 is 1.37 bits per heavy atom. The first kappa shape index (κ1) is 12.0. The quantitative estimate of drug-likeness (QED) is 0.754. The molecule has 0 spiro atoms. The third kappa shape index (κ3) is 1.94. The minimum Gasteiger partial charge on any atom is -0.350 e. The van der Waals surface area contributed by atoms with E-state index < -0.39 is 0 Å². The average molecular weight is 254 g/mol. The fraction of sp³-hybridized carbons (Fsp3) is 0.267. The van der Waals surface area contributed by atoms with Crippen molar-refractivity contribution in [3.8, 4) is 11.3 Å².